The predicted molar refractivity (Wildman–Crippen MR) is 89.2 cm³/mol. The van der Waals surface area contributed by atoms with Crippen LogP contribution in [0.2, 0.25) is 0 Å². The first-order chi connectivity index (χ1) is 11.3. The third-order valence-electron chi connectivity index (χ3n) is 3.70. The van der Waals surface area contributed by atoms with Crippen molar-refractivity contribution in [1.29, 1.82) is 0 Å². The fraction of sp³-hybridized carbons (Fsp3) is 0.158. The maximum absolute atomic E-state index is 12.4. The number of para-hydroxylation sites is 1. The Kier molecular flexibility index (Phi) is 4.35. The Balaban J connectivity index is 2.43. The Morgan fingerprint density at radius 2 is 1.70 bits per heavy atom. The summed E-state index contributed by atoms with van der Waals surface area (Å²) in [5.74, 6) is -0.408. The highest BCUT2D eigenvalue weighted by molar-refractivity contribution is 6.07. The highest BCUT2D eigenvalue weighted by Crippen LogP contribution is 2.33. The van der Waals surface area contributed by atoms with Crippen molar-refractivity contribution in [2.45, 2.75) is 6.61 Å². The highest BCUT2D eigenvalue weighted by atomic mass is 16.5. The fourth-order valence-electron chi connectivity index (χ4n) is 2.73. The minimum absolute atomic E-state index is 0.245. The van der Waals surface area contributed by atoms with Crippen LogP contribution in [0.5, 0.6) is 0 Å². The van der Waals surface area contributed by atoms with Gasteiger partial charge in [-0.3, -0.25) is 0 Å². The lowest BCUT2D eigenvalue weighted by Gasteiger charge is -2.15. The molecule has 0 saturated heterocycles. The van der Waals surface area contributed by atoms with Gasteiger partial charge in [0.25, 0.3) is 0 Å². The molecule has 0 aliphatic rings. The second kappa shape index (κ2) is 6.58. The maximum Gasteiger partial charge on any atom is 0.340 e. The summed E-state index contributed by atoms with van der Waals surface area (Å²) >= 11 is 0. The number of pyridine rings is 1. The summed E-state index contributed by atoms with van der Waals surface area (Å²) in [5.41, 5.74) is 3.64. The first kappa shape index (κ1) is 15.2. The Labute approximate surface area is 134 Å². The number of benzene rings is 2. The van der Waals surface area contributed by atoms with Crippen LogP contribution < -0.4 is 0 Å². The largest absolute Gasteiger partial charge is 0.465 e. The zero-order chi connectivity index (χ0) is 16.2. The molecule has 1 heterocycles. The molecule has 116 valence electrons. The minimum Gasteiger partial charge on any atom is -0.465 e. The Morgan fingerprint density at radius 3 is 2.39 bits per heavy atom. The van der Waals surface area contributed by atoms with Gasteiger partial charge in [-0.2, -0.15) is 0 Å². The zero-order valence-electron chi connectivity index (χ0n) is 13.1. The molecule has 0 saturated carbocycles. The molecule has 0 aliphatic heterocycles. The fourth-order valence-corrected chi connectivity index (χ4v) is 2.73. The van der Waals surface area contributed by atoms with Crippen molar-refractivity contribution in [1.82, 2.24) is 4.98 Å². The van der Waals surface area contributed by atoms with E-state index in [2.05, 4.69) is 4.98 Å². The van der Waals surface area contributed by atoms with Crippen LogP contribution in [0.4, 0.5) is 0 Å². The molecular formula is C19H17NO3. The van der Waals surface area contributed by atoms with Crippen molar-refractivity contribution in [2.75, 3.05) is 14.2 Å². The summed E-state index contributed by atoms with van der Waals surface area (Å²) in [4.78, 5) is 17.0. The van der Waals surface area contributed by atoms with E-state index in [0.717, 1.165) is 22.0 Å². The molecule has 0 spiro atoms. The van der Waals surface area contributed by atoms with Crippen molar-refractivity contribution in [3.05, 3.63) is 65.9 Å². The van der Waals surface area contributed by atoms with Crippen LogP contribution in [0, 0.1) is 0 Å². The number of hydrogen-bond acceptors (Lipinski definition) is 4. The molecule has 23 heavy (non-hydrogen) atoms. The topological polar surface area (TPSA) is 48.4 Å². The Bertz CT molecular complexity index is 844. The van der Waals surface area contributed by atoms with Crippen LogP contribution in [0.1, 0.15) is 16.1 Å². The first-order valence-electron chi connectivity index (χ1n) is 7.30. The highest BCUT2D eigenvalue weighted by Gasteiger charge is 2.22. The third kappa shape index (κ3) is 2.81. The summed E-state index contributed by atoms with van der Waals surface area (Å²) in [7, 11) is 2.96. The van der Waals surface area contributed by atoms with Crippen LogP contribution in [0.15, 0.2) is 54.6 Å². The quantitative estimate of drug-likeness (QED) is 0.687. The van der Waals surface area contributed by atoms with Crippen molar-refractivity contribution in [3.63, 3.8) is 0 Å². The third-order valence-corrected chi connectivity index (χ3v) is 3.70. The van der Waals surface area contributed by atoms with Crippen molar-refractivity contribution in [2.24, 2.45) is 0 Å². The predicted octanol–water partition coefficient (Wildman–Crippen LogP) is 3.83. The van der Waals surface area contributed by atoms with E-state index in [4.69, 9.17) is 9.47 Å². The number of aromatic nitrogens is 1. The molecule has 4 heteroatoms. The molecule has 0 fully saturated rings. The zero-order valence-corrected chi connectivity index (χ0v) is 13.1. The average Bonchev–Trinajstić information content (AvgIpc) is 2.61. The number of nitrogens with zero attached hydrogens (tertiary/aromatic N) is 1. The number of hydrogen-bond donors (Lipinski definition) is 0. The summed E-state index contributed by atoms with van der Waals surface area (Å²) in [6.07, 6.45) is 0. The normalized spacial score (nSPS) is 10.7. The lowest BCUT2D eigenvalue weighted by molar-refractivity contribution is 0.0596. The van der Waals surface area contributed by atoms with Crippen LogP contribution in [0.25, 0.3) is 22.0 Å². The molecule has 0 radical (unpaired) electrons. The molecule has 0 amide bonds. The van der Waals surface area contributed by atoms with Gasteiger partial charge in [0, 0.05) is 18.1 Å². The summed E-state index contributed by atoms with van der Waals surface area (Å²) in [5, 5.41) is 0.916. The second-order valence-electron chi connectivity index (χ2n) is 5.12. The van der Waals surface area contributed by atoms with Gasteiger partial charge in [-0.1, -0.05) is 48.5 Å². The molecule has 0 aliphatic carbocycles. The monoisotopic (exact) mass is 307 g/mol. The van der Waals surface area contributed by atoms with E-state index in [1.807, 2.05) is 54.6 Å². The molecular weight excluding hydrogens is 290 g/mol. The van der Waals surface area contributed by atoms with Gasteiger partial charge in [0.15, 0.2) is 0 Å². The van der Waals surface area contributed by atoms with Crippen molar-refractivity contribution >= 4 is 16.9 Å². The summed E-state index contributed by atoms with van der Waals surface area (Å²) in [6, 6.07) is 17.6. The standard InChI is InChI=1S/C19H17NO3/c1-22-12-16-18(19(21)23-2)17(13-8-4-3-5-9-13)14-10-6-7-11-15(14)20-16/h3-11H,12H2,1-2H3. The molecule has 3 rings (SSSR count). The van der Waals surface area contributed by atoms with Crippen LogP contribution >= 0.6 is 0 Å². The Hall–Kier alpha value is -2.72. The minimum atomic E-state index is -0.408. The number of methoxy groups -OCH3 is 2. The van der Waals surface area contributed by atoms with E-state index in [1.54, 1.807) is 7.11 Å². The molecule has 2 aromatic carbocycles. The summed E-state index contributed by atoms with van der Waals surface area (Å²) in [6.45, 7) is 0.245. The first-order valence-corrected chi connectivity index (χ1v) is 7.30. The molecule has 3 aromatic rings. The molecule has 4 nitrogen and oxygen atoms in total. The lowest BCUT2D eigenvalue weighted by Crippen LogP contribution is -2.11. The van der Waals surface area contributed by atoms with Gasteiger partial charge in [0.1, 0.15) is 0 Å². The van der Waals surface area contributed by atoms with E-state index in [0.29, 0.717) is 11.3 Å². The Morgan fingerprint density at radius 1 is 1.00 bits per heavy atom. The van der Waals surface area contributed by atoms with Gasteiger partial charge in [0.05, 0.1) is 30.5 Å². The van der Waals surface area contributed by atoms with Crippen molar-refractivity contribution in [3.8, 4) is 11.1 Å². The van der Waals surface area contributed by atoms with E-state index >= 15 is 0 Å². The van der Waals surface area contributed by atoms with Gasteiger partial charge in [-0.05, 0) is 11.6 Å². The number of carbonyl (C=O) groups is 1. The lowest BCUT2D eigenvalue weighted by atomic mass is 9.94. The molecule has 0 bridgehead atoms. The average molecular weight is 307 g/mol. The van der Waals surface area contributed by atoms with Crippen LogP contribution in [-0.4, -0.2) is 25.2 Å². The number of ether oxygens (including phenoxy) is 2. The molecule has 0 N–H and O–H groups in total. The number of carbonyl (C=O) groups excluding carboxylic acids is 1. The van der Waals surface area contributed by atoms with Gasteiger partial charge in [-0.25, -0.2) is 9.78 Å². The number of rotatable bonds is 4. The van der Waals surface area contributed by atoms with Gasteiger partial charge in [0.2, 0.25) is 0 Å². The van der Waals surface area contributed by atoms with E-state index < -0.39 is 5.97 Å². The van der Waals surface area contributed by atoms with Gasteiger partial charge >= 0.3 is 5.97 Å². The van der Waals surface area contributed by atoms with E-state index in [1.165, 1.54) is 7.11 Å². The second-order valence-corrected chi connectivity index (χ2v) is 5.12. The van der Waals surface area contributed by atoms with Crippen LogP contribution in [-0.2, 0) is 16.1 Å². The smallest absolute Gasteiger partial charge is 0.340 e. The van der Waals surface area contributed by atoms with E-state index in [-0.39, 0.29) is 6.61 Å². The van der Waals surface area contributed by atoms with E-state index in [9.17, 15) is 4.79 Å². The molecule has 0 unspecified atom stereocenters. The van der Waals surface area contributed by atoms with Gasteiger partial charge < -0.3 is 9.47 Å². The summed E-state index contributed by atoms with van der Waals surface area (Å²) < 4.78 is 10.2. The molecule has 1 aromatic heterocycles. The van der Waals surface area contributed by atoms with Gasteiger partial charge in [-0.15, -0.1) is 0 Å². The number of esters is 1. The molecule has 0 atom stereocenters. The van der Waals surface area contributed by atoms with Crippen molar-refractivity contribution < 1.29 is 14.3 Å². The SMILES string of the molecule is COCc1nc2ccccc2c(-c2ccccc2)c1C(=O)OC. The maximum atomic E-state index is 12.4. The number of fused-ring (bicyclic) bond motifs is 1. The van der Waals surface area contributed by atoms with Crippen LogP contribution in [0.3, 0.4) is 0 Å².